The SMILES string of the molecule is Cc1ccc(S(=O)(=O)n2ncc3cc(C[C@H](N)CN4C(=O)c5ccccc5C4=O)ccc32)cc1.Cl. The molecule has 0 saturated heterocycles. The summed E-state index contributed by atoms with van der Waals surface area (Å²) >= 11 is 0. The summed E-state index contributed by atoms with van der Waals surface area (Å²) in [5.74, 6) is -0.678. The molecule has 1 aliphatic heterocycles. The number of hydrogen-bond donors (Lipinski definition) is 1. The van der Waals surface area contributed by atoms with Gasteiger partial charge in [0.05, 0.1) is 27.7 Å². The summed E-state index contributed by atoms with van der Waals surface area (Å²) in [7, 11) is -3.83. The van der Waals surface area contributed by atoms with Gasteiger partial charge in [-0.25, -0.2) is 0 Å². The molecule has 2 N–H and O–H groups in total. The fourth-order valence-electron chi connectivity index (χ4n) is 4.19. The second kappa shape index (κ2) is 9.26. The maximum Gasteiger partial charge on any atom is 0.283 e. The summed E-state index contributed by atoms with van der Waals surface area (Å²) in [5.41, 5.74) is 9.34. The number of nitrogens with two attached hydrogens (primary N) is 1. The number of fused-ring (bicyclic) bond motifs is 2. The van der Waals surface area contributed by atoms with Crippen molar-refractivity contribution < 1.29 is 18.0 Å². The van der Waals surface area contributed by atoms with E-state index in [2.05, 4.69) is 5.10 Å². The Labute approximate surface area is 208 Å². The summed E-state index contributed by atoms with van der Waals surface area (Å²) in [6.07, 6.45) is 1.90. The van der Waals surface area contributed by atoms with Crippen molar-refractivity contribution in [3.8, 4) is 0 Å². The van der Waals surface area contributed by atoms with Crippen LogP contribution in [0.3, 0.4) is 0 Å². The monoisotopic (exact) mass is 510 g/mol. The quantitative estimate of drug-likeness (QED) is 0.398. The second-order valence-corrected chi connectivity index (χ2v) is 10.2. The Hall–Kier alpha value is -3.53. The summed E-state index contributed by atoms with van der Waals surface area (Å²) in [5, 5.41) is 4.77. The third-order valence-electron chi connectivity index (χ3n) is 5.94. The average Bonchev–Trinajstić information content (AvgIpc) is 3.35. The standard InChI is InChI=1S/C25H22N4O4S.ClH/c1-16-6-9-20(10-7-16)34(32,33)29-23-11-8-17(12-18(23)14-27-29)13-19(26)15-28-24(30)21-4-2-3-5-22(21)25(28)31;/h2-12,14,19H,13,15,26H2,1H3;1H/t19-;/m0./s1. The number of aryl methyl sites for hydroxylation is 1. The molecule has 8 nitrogen and oxygen atoms in total. The van der Waals surface area contributed by atoms with Gasteiger partial charge in [-0.3, -0.25) is 14.5 Å². The first kappa shape index (κ1) is 24.6. The van der Waals surface area contributed by atoms with Crippen LogP contribution in [0.4, 0.5) is 0 Å². The number of carbonyl (C=O) groups is 2. The zero-order valence-corrected chi connectivity index (χ0v) is 20.4. The van der Waals surface area contributed by atoms with Crippen LogP contribution in [0.25, 0.3) is 10.9 Å². The number of aromatic nitrogens is 2. The van der Waals surface area contributed by atoms with Gasteiger partial charge in [-0.2, -0.15) is 17.6 Å². The summed E-state index contributed by atoms with van der Waals surface area (Å²) < 4.78 is 27.1. The Morgan fingerprint density at radius 2 is 1.57 bits per heavy atom. The highest BCUT2D eigenvalue weighted by atomic mass is 35.5. The zero-order chi connectivity index (χ0) is 24.0. The molecular weight excluding hydrogens is 488 g/mol. The van der Waals surface area contributed by atoms with E-state index in [1.54, 1.807) is 60.7 Å². The van der Waals surface area contributed by atoms with Crippen molar-refractivity contribution in [2.24, 2.45) is 5.73 Å². The molecule has 0 bridgehead atoms. The molecule has 5 rings (SSSR count). The second-order valence-electron chi connectivity index (χ2n) is 8.43. The lowest BCUT2D eigenvalue weighted by Crippen LogP contribution is -2.41. The van der Waals surface area contributed by atoms with Gasteiger partial charge in [0.15, 0.2) is 0 Å². The van der Waals surface area contributed by atoms with Crippen LogP contribution in [0.2, 0.25) is 0 Å². The van der Waals surface area contributed by atoms with Crippen LogP contribution in [0.5, 0.6) is 0 Å². The summed E-state index contributed by atoms with van der Waals surface area (Å²) in [4.78, 5) is 26.5. The number of amides is 2. The maximum atomic E-state index is 13.0. The van der Waals surface area contributed by atoms with Crippen LogP contribution < -0.4 is 5.73 Å². The van der Waals surface area contributed by atoms with Crippen LogP contribution in [-0.2, 0) is 16.4 Å². The summed E-state index contributed by atoms with van der Waals surface area (Å²) in [6.45, 7) is 1.98. The molecule has 2 heterocycles. The van der Waals surface area contributed by atoms with Crippen molar-refractivity contribution in [3.05, 3.63) is 95.2 Å². The van der Waals surface area contributed by atoms with Crippen LogP contribution in [0.1, 0.15) is 31.8 Å². The molecule has 0 spiro atoms. The number of imide groups is 1. The highest BCUT2D eigenvalue weighted by molar-refractivity contribution is 7.90. The number of halogens is 1. The van der Waals surface area contributed by atoms with Crippen LogP contribution in [0.15, 0.2) is 77.8 Å². The molecule has 1 atom stereocenters. The molecule has 0 radical (unpaired) electrons. The number of carbonyl (C=O) groups excluding carboxylic acids is 2. The predicted molar refractivity (Wildman–Crippen MR) is 134 cm³/mol. The lowest BCUT2D eigenvalue weighted by Gasteiger charge is -2.19. The van der Waals surface area contributed by atoms with Gasteiger partial charge in [0, 0.05) is 18.0 Å². The molecule has 180 valence electrons. The Balaban J connectivity index is 0.00000289. The van der Waals surface area contributed by atoms with Gasteiger partial charge in [0.2, 0.25) is 0 Å². The molecule has 0 unspecified atom stereocenters. The van der Waals surface area contributed by atoms with Gasteiger partial charge in [-0.15, -0.1) is 12.4 Å². The third kappa shape index (κ3) is 4.34. The first-order chi connectivity index (χ1) is 16.3. The Kier molecular flexibility index (Phi) is 6.50. The minimum atomic E-state index is -3.83. The molecule has 4 aromatic rings. The van der Waals surface area contributed by atoms with Crippen molar-refractivity contribution >= 4 is 45.1 Å². The number of nitrogens with zero attached hydrogens (tertiary/aromatic N) is 3. The van der Waals surface area contributed by atoms with Crippen molar-refractivity contribution in [3.63, 3.8) is 0 Å². The van der Waals surface area contributed by atoms with E-state index in [1.807, 2.05) is 13.0 Å². The van der Waals surface area contributed by atoms with E-state index in [4.69, 9.17) is 5.73 Å². The molecule has 0 saturated carbocycles. The van der Waals surface area contributed by atoms with Gasteiger partial charge in [-0.1, -0.05) is 35.9 Å². The fourth-order valence-corrected chi connectivity index (χ4v) is 5.47. The van der Waals surface area contributed by atoms with E-state index in [9.17, 15) is 18.0 Å². The van der Waals surface area contributed by atoms with Crippen LogP contribution in [0, 0.1) is 6.92 Å². The molecule has 3 aromatic carbocycles. The molecule has 10 heteroatoms. The van der Waals surface area contributed by atoms with E-state index in [0.29, 0.717) is 28.5 Å². The van der Waals surface area contributed by atoms with E-state index >= 15 is 0 Å². The molecule has 0 aliphatic carbocycles. The first-order valence-corrected chi connectivity index (χ1v) is 12.2. The van der Waals surface area contributed by atoms with E-state index in [1.165, 1.54) is 11.1 Å². The van der Waals surface area contributed by atoms with Gasteiger partial charge in [-0.05, 0) is 55.3 Å². The van der Waals surface area contributed by atoms with E-state index < -0.39 is 16.1 Å². The number of hydrogen-bond acceptors (Lipinski definition) is 6. The topological polar surface area (TPSA) is 115 Å². The van der Waals surface area contributed by atoms with Gasteiger partial charge < -0.3 is 5.73 Å². The highest BCUT2D eigenvalue weighted by Crippen LogP contribution is 2.24. The van der Waals surface area contributed by atoms with Crippen molar-refractivity contribution in [1.29, 1.82) is 0 Å². The van der Waals surface area contributed by atoms with E-state index in [-0.39, 0.29) is 35.7 Å². The first-order valence-electron chi connectivity index (χ1n) is 10.8. The lowest BCUT2D eigenvalue weighted by atomic mass is 10.0. The van der Waals surface area contributed by atoms with Crippen molar-refractivity contribution in [2.75, 3.05) is 6.54 Å². The maximum absolute atomic E-state index is 13.0. The van der Waals surface area contributed by atoms with Gasteiger partial charge in [0.1, 0.15) is 0 Å². The molecule has 1 aromatic heterocycles. The predicted octanol–water partition coefficient (Wildman–Crippen LogP) is 3.17. The smallest absolute Gasteiger partial charge is 0.283 e. The van der Waals surface area contributed by atoms with Gasteiger partial charge in [0.25, 0.3) is 21.8 Å². The fraction of sp³-hybridized carbons (Fsp3) is 0.160. The van der Waals surface area contributed by atoms with Crippen molar-refractivity contribution in [2.45, 2.75) is 24.3 Å². The molecule has 0 fully saturated rings. The highest BCUT2D eigenvalue weighted by Gasteiger charge is 2.35. The number of benzene rings is 3. The Morgan fingerprint density at radius 1 is 0.943 bits per heavy atom. The number of rotatable bonds is 6. The van der Waals surface area contributed by atoms with E-state index in [0.717, 1.165) is 15.2 Å². The zero-order valence-electron chi connectivity index (χ0n) is 18.8. The minimum Gasteiger partial charge on any atom is -0.326 e. The largest absolute Gasteiger partial charge is 0.326 e. The van der Waals surface area contributed by atoms with Crippen LogP contribution >= 0.6 is 12.4 Å². The molecule has 35 heavy (non-hydrogen) atoms. The molecule has 1 aliphatic rings. The van der Waals surface area contributed by atoms with Crippen LogP contribution in [-0.4, -0.2) is 46.9 Å². The Bertz CT molecular complexity index is 1510. The average molecular weight is 511 g/mol. The lowest BCUT2D eigenvalue weighted by molar-refractivity contribution is 0.0644. The third-order valence-corrected chi connectivity index (χ3v) is 7.55. The normalized spacial score (nSPS) is 14.2. The molecular formula is C25H23ClN4O4S. The molecule has 2 amide bonds. The van der Waals surface area contributed by atoms with Crippen molar-refractivity contribution in [1.82, 2.24) is 14.1 Å². The van der Waals surface area contributed by atoms with Gasteiger partial charge >= 0.3 is 0 Å². The Morgan fingerprint density at radius 3 is 2.20 bits per heavy atom. The minimum absolute atomic E-state index is 0. The summed E-state index contributed by atoms with van der Waals surface area (Å²) in [6, 6.07) is 18.1.